The van der Waals surface area contributed by atoms with Crippen molar-refractivity contribution in [3.8, 4) is 5.75 Å². The van der Waals surface area contributed by atoms with Crippen LogP contribution < -0.4 is 15.4 Å². The highest BCUT2D eigenvalue weighted by molar-refractivity contribution is 5.89. The van der Waals surface area contributed by atoms with E-state index in [1.165, 1.54) is 12.1 Å². The number of benzene rings is 2. The second kappa shape index (κ2) is 9.64. The maximum absolute atomic E-state index is 13.2. The molecular formula is C19H23FN2O3. The van der Waals surface area contributed by atoms with Gasteiger partial charge in [0, 0.05) is 24.9 Å². The molecule has 2 rings (SSSR count). The number of anilines is 1. The van der Waals surface area contributed by atoms with Gasteiger partial charge < -0.3 is 20.5 Å². The number of hydrogen-bond donors (Lipinski definition) is 3. The molecule has 0 heterocycles. The maximum Gasteiger partial charge on any atom is 0.319 e. The first kappa shape index (κ1) is 18.7. The molecule has 0 aliphatic heterocycles. The second-order valence-electron chi connectivity index (χ2n) is 5.90. The number of carbonyl (C=O) groups excluding carboxylic acids is 1. The lowest BCUT2D eigenvalue weighted by Gasteiger charge is -2.13. The first-order valence-corrected chi connectivity index (χ1v) is 8.20. The molecule has 0 fully saturated rings. The van der Waals surface area contributed by atoms with E-state index < -0.39 is 0 Å². The average molecular weight is 346 g/mol. The van der Waals surface area contributed by atoms with Crippen LogP contribution >= 0.6 is 0 Å². The molecular weight excluding hydrogens is 323 g/mol. The van der Waals surface area contributed by atoms with Gasteiger partial charge in [-0.1, -0.05) is 25.1 Å². The van der Waals surface area contributed by atoms with E-state index in [4.69, 9.17) is 9.84 Å². The van der Waals surface area contributed by atoms with Crippen molar-refractivity contribution in [3.63, 3.8) is 0 Å². The monoisotopic (exact) mass is 346 g/mol. The summed E-state index contributed by atoms with van der Waals surface area (Å²) in [5, 5.41) is 14.3. The third kappa shape index (κ3) is 6.81. The first-order valence-electron chi connectivity index (χ1n) is 8.20. The van der Waals surface area contributed by atoms with Crippen LogP contribution in [0, 0.1) is 11.7 Å². The molecule has 1 atom stereocenters. The van der Waals surface area contributed by atoms with E-state index in [1.807, 2.05) is 6.92 Å². The van der Waals surface area contributed by atoms with E-state index in [9.17, 15) is 9.18 Å². The molecule has 0 spiro atoms. The van der Waals surface area contributed by atoms with E-state index in [1.54, 1.807) is 36.4 Å². The third-order valence-corrected chi connectivity index (χ3v) is 3.62. The van der Waals surface area contributed by atoms with Crippen LogP contribution in [-0.4, -0.2) is 24.3 Å². The number of hydrogen-bond acceptors (Lipinski definition) is 3. The van der Waals surface area contributed by atoms with Gasteiger partial charge in [0.1, 0.15) is 18.2 Å². The van der Waals surface area contributed by atoms with Crippen molar-refractivity contribution in [1.82, 2.24) is 5.32 Å². The minimum absolute atomic E-state index is 0.106. The van der Waals surface area contributed by atoms with Gasteiger partial charge in [-0.25, -0.2) is 9.18 Å². The van der Waals surface area contributed by atoms with E-state index >= 15 is 0 Å². The highest BCUT2D eigenvalue weighted by atomic mass is 19.1. The van der Waals surface area contributed by atoms with Crippen molar-refractivity contribution in [1.29, 1.82) is 0 Å². The normalized spacial score (nSPS) is 11.6. The standard InChI is InChI=1S/C19H23FN2O3/c1-14(8-9-23)12-21-19(24)22-17-6-3-7-18(11-17)25-13-15-4-2-5-16(20)10-15/h2-7,10-11,14,23H,8-9,12-13H2,1H3,(H2,21,22,24). The predicted octanol–water partition coefficient (Wildman–Crippen LogP) is 3.54. The first-order chi connectivity index (χ1) is 12.1. The molecule has 0 bridgehead atoms. The van der Waals surface area contributed by atoms with Crippen LogP contribution in [-0.2, 0) is 6.61 Å². The zero-order valence-electron chi connectivity index (χ0n) is 14.2. The van der Waals surface area contributed by atoms with Gasteiger partial charge >= 0.3 is 6.03 Å². The average Bonchev–Trinajstić information content (AvgIpc) is 2.59. The van der Waals surface area contributed by atoms with Crippen molar-refractivity contribution in [2.45, 2.75) is 20.0 Å². The van der Waals surface area contributed by atoms with E-state index in [0.29, 0.717) is 24.4 Å². The lowest BCUT2D eigenvalue weighted by Crippen LogP contribution is -2.32. The molecule has 2 amide bonds. The summed E-state index contributed by atoms with van der Waals surface area (Å²) in [5.74, 6) is 0.482. The minimum atomic E-state index is -0.313. The largest absolute Gasteiger partial charge is 0.489 e. The fourth-order valence-corrected chi connectivity index (χ4v) is 2.22. The zero-order valence-corrected chi connectivity index (χ0v) is 14.2. The summed E-state index contributed by atoms with van der Waals surface area (Å²) < 4.78 is 18.8. The summed E-state index contributed by atoms with van der Waals surface area (Å²) in [6.45, 7) is 2.79. The van der Waals surface area contributed by atoms with Gasteiger partial charge in [-0.05, 0) is 42.2 Å². The number of rotatable bonds is 8. The van der Waals surface area contributed by atoms with Gasteiger partial charge in [0.2, 0.25) is 0 Å². The topological polar surface area (TPSA) is 70.6 Å². The fraction of sp³-hybridized carbons (Fsp3) is 0.316. The highest BCUT2D eigenvalue weighted by Gasteiger charge is 2.06. The Labute approximate surface area is 146 Å². The number of nitrogens with one attached hydrogen (secondary N) is 2. The Bertz CT molecular complexity index is 694. The summed E-state index contributed by atoms with van der Waals surface area (Å²) in [6.07, 6.45) is 0.643. The van der Waals surface area contributed by atoms with Gasteiger partial charge in [0.15, 0.2) is 0 Å². The van der Waals surface area contributed by atoms with Crippen molar-refractivity contribution >= 4 is 11.7 Å². The predicted molar refractivity (Wildman–Crippen MR) is 95.1 cm³/mol. The van der Waals surface area contributed by atoms with Crippen molar-refractivity contribution in [3.05, 3.63) is 59.9 Å². The third-order valence-electron chi connectivity index (χ3n) is 3.62. The van der Waals surface area contributed by atoms with Gasteiger partial charge in [0.05, 0.1) is 0 Å². The van der Waals surface area contributed by atoms with Crippen molar-refractivity contribution in [2.75, 3.05) is 18.5 Å². The molecule has 5 nitrogen and oxygen atoms in total. The number of amides is 2. The lowest BCUT2D eigenvalue weighted by atomic mass is 10.1. The number of aliphatic hydroxyl groups is 1. The van der Waals surface area contributed by atoms with Gasteiger partial charge in [-0.3, -0.25) is 0 Å². The Morgan fingerprint density at radius 2 is 2.04 bits per heavy atom. The SMILES string of the molecule is CC(CCO)CNC(=O)Nc1cccc(OCc2cccc(F)c2)c1. The molecule has 0 saturated heterocycles. The molecule has 3 N–H and O–H groups in total. The number of aliphatic hydroxyl groups excluding tert-OH is 1. The Morgan fingerprint density at radius 1 is 1.24 bits per heavy atom. The van der Waals surface area contributed by atoms with Crippen molar-refractivity contribution < 1.29 is 19.0 Å². The van der Waals surface area contributed by atoms with E-state index in [2.05, 4.69) is 10.6 Å². The summed E-state index contributed by atoms with van der Waals surface area (Å²) in [5.41, 5.74) is 1.33. The molecule has 134 valence electrons. The van der Waals surface area contributed by atoms with Gasteiger partial charge in [-0.15, -0.1) is 0 Å². The summed E-state index contributed by atoms with van der Waals surface area (Å²) >= 11 is 0. The molecule has 25 heavy (non-hydrogen) atoms. The van der Waals surface area contributed by atoms with Crippen LogP contribution in [0.4, 0.5) is 14.9 Å². The van der Waals surface area contributed by atoms with Crippen LogP contribution in [0.1, 0.15) is 18.9 Å². The molecule has 6 heteroatoms. The highest BCUT2D eigenvalue weighted by Crippen LogP contribution is 2.19. The van der Waals surface area contributed by atoms with E-state index in [0.717, 1.165) is 5.56 Å². The van der Waals surface area contributed by atoms with Gasteiger partial charge in [-0.2, -0.15) is 0 Å². The molecule has 0 radical (unpaired) electrons. The van der Waals surface area contributed by atoms with Gasteiger partial charge in [0.25, 0.3) is 0 Å². The molecule has 0 aliphatic carbocycles. The second-order valence-corrected chi connectivity index (χ2v) is 5.90. The van der Waals surface area contributed by atoms with Crippen LogP contribution in [0.3, 0.4) is 0 Å². The quantitative estimate of drug-likeness (QED) is 0.685. The van der Waals surface area contributed by atoms with Crippen molar-refractivity contribution in [2.24, 2.45) is 5.92 Å². The lowest BCUT2D eigenvalue weighted by molar-refractivity contribution is 0.243. The molecule has 2 aromatic carbocycles. The maximum atomic E-state index is 13.2. The summed E-state index contributed by atoms with van der Waals surface area (Å²) in [4.78, 5) is 11.9. The number of urea groups is 1. The smallest absolute Gasteiger partial charge is 0.319 e. The molecule has 2 aromatic rings. The molecule has 0 saturated carbocycles. The van der Waals surface area contributed by atoms with E-state index in [-0.39, 0.29) is 31.0 Å². The summed E-state index contributed by atoms with van der Waals surface area (Å²) in [7, 11) is 0. The van der Waals surface area contributed by atoms with Crippen LogP contribution in [0.2, 0.25) is 0 Å². The Kier molecular flexibility index (Phi) is 7.22. The van der Waals surface area contributed by atoms with Crippen LogP contribution in [0.15, 0.2) is 48.5 Å². The number of ether oxygens (including phenoxy) is 1. The fourth-order valence-electron chi connectivity index (χ4n) is 2.22. The Balaban J connectivity index is 1.84. The minimum Gasteiger partial charge on any atom is -0.489 e. The van der Waals surface area contributed by atoms with Crippen LogP contribution in [0.25, 0.3) is 0 Å². The Hall–Kier alpha value is -2.60. The molecule has 0 aliphatic rings. The Morgan fingerprint density at radius 3 is 2.80 bits per heavy atom. The zero-order chi connectivity index (χ0) is 18.1. The molecule has 0 aromatic heterocycles. The number of halogens is 1. The van der Waals surface area contributed by atoms with Crippen LogP contribution in [0.5, 0.6) is 5.75 Å². The number of carbonyl (C=O) groups is 1. The molecule has 1 unspecified atom stereocenters. The summed E-state index contributed by atoms with van der Waals surface area (Å²) in [6, 6.07) is 12.9.